The molecule has 0 unspecified atom stereocenters. The van der Waals surface area contributed by atoms with Crippen molar-refractivity contribution in [1.29, 1.82) is 5.53 Å². The number of aryl methyl sites for hydroxylation is 1. The SMILES string of the molecule is CCc1cc2c(Oc3ccc(N(N)C(=O)N=N)cc3)ccnc2cc1OCCOC. The van der Waals surface area contributed by atoms with E-state index in [0.717, 1.165) is 33.6 Å². The number of benzene rings is 2. The van der Waals surface area contributed by atoms with Crippen molar-refractivity contribution in [3.63, 3.8) is 0 Å². The zero-order valence-corrected chi connectivity index (χ0v) is 16.8. The van der Waals surface area contributed by atoms with Crippen molar-refractivity contribution in [2.24, 2.45) is 11.0 Å². The number of nitrogens with zero attached hydrogens (tertiary/aromatic N) is 3. The lowest BCUT2D eigenvalue weighted by atomic mass is 10.1. The standard InChI is InChI=1S/C21H23N5O4/c1-3-14-12-17-18(13-20(14)29-11-10-28-2)24-9-8-19(17)30-16-6-4-15(5-7-16)26(23)21(27)25-22/h4-9,12-13,22H,3,10-11,23H2,1-2H3. The molecule has 1 aromatic heterocycles. The number of amides is 2. The second kappa shape index (κ2) is 9.77. The van der Waals surface area contributed by atoms with Gasteiger partial charge in [-0.1, -0.05) is 12.0 Å². The Balaban J connectivity index is 1.87. The van der Waals surface area contributed by atoms with Crippen molar-refractivity contribution in [3.8, 4) is 17.2 Å². The molecule has 0 spiro atoms. The van der Waals surface area contributed by atoms with E-state index >= 15 is 0 Å². The van der Waals surface area contributed by atoms with Crippen LogP contribution in [0, 0.1) is 5.53 Å². The lowest BCUT2D eigenvalue weighted by Crippen LogP contribution is -2.34. The molecule has 30 heavy (non-hydrogen) atoms. The second-order valence-electron chi connectivity index (χ2n) is 6.34. The van der Waals surface area contributed by atoms with Gasteiger partial charge in [-0.15, -0.1) is 0 Å². The summed E-state index contributed by atoms with van der Waals surface area (Å²) in [5.41, 5.74) is 8.96. The summed E-state index contributed by atoms with van der Waals surface area (Å²) >= 11 is 0. The Morgan fingerprint density at radius 3 is 2.60 bits per heavy atom. The Morgan fingerprint density at radius 1 is 1.17 bits per heavy atom. The number of ether oxygens (including phenoxy) is 3. The summed E-state index contributed by atoms with van der Waals surface area (Å²) in [4.78, 5) is 15.8. The van der Waals surface area contributed by atoms with Gasteiger partial charge in [0.15, 0.2) is 0 Å². The second-order valence-corrected chi connectivity index (χ2v) is 6.34. The average Bonchev–Trinajstić information content (AvgIpc) is 2.78. The topological polar surface area (TPSA) is 123 Å². The van der Waals surface area contributed by atoms with Crippen LogP contribution in [0.1, 0.15) is 12.5 Å². The minimum atomic E-state index is -0.862. The molecule has 3 rings (SSSR count). The van der Waals surface area contributed by atoms with Gasteiger partial charge in [-0.2, -0.15) is 5.53 Å². The van der Waals surface area contributed by atoms with Gasteiger partial charge in [0.25, 0.3) is 0 Å². The normalized spacial score (nSPS) is 10.6. The molecular weight excluding hydrogens is 386 g/mol. The number of urea groups is 1. The number of aromatic nitrogens is 1. The summed E-state index contributed by atoms with van der Waals surface area (Å²) in [6, 6.07) is 11.4. The number of pyridine rings is 1. The number of anilines is 1. The Bertz CT molecular complexity index is 1040. The number of carbonyl (C=O) groups is 1. The molecule has 156 valence electrons. The third-order valence-electron chi connectivity index (χ3n) is 4.45. The predicted octanol–water partition coefficient (Wildman–Crippen LogP) is 4.45. The third kappa shape index (κ3) is 4.70. The van der Waals surface area contributed by atoms with Gasteiger partial charge >= 0.3 is 6.03 Å². The first-order chi connectivity index (χ1) is 14.6. The van der Waals surface area contributed by atoms with E-state index in [-0.39, 0.29) is 0 Å². The highest BCUT2D eigenvalue weighted by Gasteiger charge is 2.13. The first-order valence-electron chi connectivity index (χ1n) is 9.35. The van der Waals surface area contributed by atoms with E-state index < -0.39 is 6.03 Å². The number of hydrazine groups is 1. The van der Waals surface area contributed by atoms with E-state index in [0.29, 0.717) is 30.4 Å². The van der Waals surface area contributed by atoms with Crippen molar-refractivity contribution in [2.75, 3.05) is 25.3 Å². The molecule has 2 aromatic carbocycles. The number of methoxy groups -OCH3 is 1. The van der Waals surface area contributed by atoms with Gasteiger partial charge in [0.2, 0.25) is 0 Å². The summed E-state index contributed by atoms with van der Waals surface area (Å²) in [7, 11) is 1.63. The van der Waals surface area contributed by atoms with Crippen LogP contribution in [0.3, 0.4) is 0 Å². The molecule has 0 aliphatic heterocycles. The van der Waals surface area contributed by atoms with Gasteiger partial charge in [0.05, 0.1) is 17.8 Å². The monoisotopic (exact) mass is 409 g/mol. The van der Waals surface area contributed by atoms with Gasteiger partial charge in [-0.05, 0) is 48.4 Å². The maximum atomic E-state index is 11.4. The van der Waals surface area contributed by atoms with Crippen LogP contribution in [0.15, 0.2) is 53.8 Å². The summed E-state index contributed by atoms with van der Waals surface area (Å²) in [5.74, 6) is 7.61. The van der Waals surface area contributed by atoms with Crippen molar-refractivity contribution < 1.29 is 19.0 Å². The Kier molecular flexibility index (Phi) is 6.89. The Morgan fingerprint density at radius 2 is 1.93 bits per heavy atom. The fourth-order valence-corrected chi connectivity index (χ4v) is 2.89. The fourth-order valence-electron chi connectivity index (χ4n) is 2.89. The van der Waals surface area contributed by atoms with E-state index in [1.807, 2.05) is 12.1 Å². The fraction of sp³-hybridized carbons (Fsp3) is 0.238. The number of rotatable bonds is 8. The molecule has 9 nitrogen and oxygen atoms in total. The summed E-state index contributed by atoms with van der Waals surface area (Å²) in [6.07, 6.45) is 2.47. The van der Waals surface area contributed by atoms with Crippen LogP contribution in [-0.2, 0) is 11.2 Å². The smallest absolute Gasteiger partial charge is 0.380 e. The van der Waals surface area contributed by atoms with Gasteiger partial charge in [-0.25, -0.2) is 15.6 Å². The minimum Gasteiger partial charge on any atom is -0.491 e. The minimum absolute atomic E-state index is 0.397. The quantitative estimate of drug-likeness (QED) is 0.186. The van der Waals surface area contributed by atoms with Gasteiger partial charge < -0.3 is 14.2 Å². The number of hydrogen-bond donors (Lipinski definition) is 2. The number of nitrogens with one attached hydrogen (secondary N) is 1. The third-order valence-corrected chi connectivity index (χ3v) is 4.45. The molecule has 1 heterocycles. The van der Waals surface area contributed by atoms with Crippen molar-refractivity contribution in [1.82, 2.24) is 4.98 Å². The Hall–Kier alpha value is -3.56. The first kappa shape index (κ1) is 21.2. The van der Waals surface area contributed by atoms with Crippen LogP contribution in [-0.4, -0.2) is 31.3 Å². The molecule has 3 N–H and O–H groups in total. The molecule has 0 saturated heterocycles. The van der Waals surface area contributed by atoms with Crippen LogP contribution in [0.4, 0.5) is 10.5 Å². The summed E-state index contributed by atoms with van der Waals surface area (Å²) < 4.78 is 16.9. The maximum Gasteiger partial charge on any atom is 0.380 e. The zero-order valence-electron chi connectivity index (χ0n) is 16.8. The van der Waals surface area contributed by atoms with E-state index in [4.69, 9.17) is 25.6 Å². The molecule has 0 bridgehead atoms. The predicted molar refractivity (Wildman–Crippen MR) is 112 cm³/mol. The zero-order chi connectivity index (χ0) is 21.5. The lowest BCUT2D eigenvalue weighted by molar-refractivity contribution is 0.146. The summed E-state index contributed by atoms with van der Waals surface area (Å²) in [6.45, 7) is 3.03. The lowest BCUT2D eigenvalue weighted by Gasteiger charge is -2.15. The van der Waals surface area contributed by atoms with Gasteiger partial charge in [0, 0.05) is 24.8 Å². The Labute approximate surface area is 173 Å². The van der Waals surface area contributed by atoms with E-state index in [1.165, 1.54) is 0 Å². The van der Waals surface area contributed by atoms with Crippen LogP contribution < -0.4 is 20.3 Å². The maximum absolute atomic E-state index is 11.4. The molecular formula is C21H23N5O4. The highest BCUT2D eigenvalue weighted by Crippen LogP contribution is 2.34. The molecule has 0 saturated carbocycles. The highest BCUT2D eigenvalue weighted by molar-refractivity contribution is 5.91. The van der Waals surface area contributed by atoms with Crippen molar-refractivity contribution in [3.05, 3.63) is 54.2 Å². The number of nitrogens with two attached hydrogens (primary N) is 1. The molecule has 9 heteroatoms. The molecule has 3 aromatic rings. The van der Waals surface area contributed by atoms with Crippen LogP contribution in [0.25, 0.3) is 10.9 Å². The van der Waals surface area contributed by atoms with E-state index in [1.54, 1.807) is 43.6 Å². The van der Waals surface area contributed by atoms with E-state index in [9.17, 15) is 4.79 Å². The molecule has 0 radical (unpaired) electrons. The van der Waals surface area contributed by atoms with Crippen molar-refractivity contribution in [2.45, 2.75) is 13.3 Å². The highest BCUT2D eigenvalue weighted by atomic mass is 16.5. The molecule has 0 fully saturated rings. The molecule has 0 atom stereocenters. The number of fused-ring (bicyclic) bond motifs is 1. The number of hydrogen-bond acceptors (Lipinski definition) is 7. The van der Waals surface area contributed by atoms with Crippen molar-refractivity contribution >= 4 is 22.6 Å². The van der Waals surface area contributed by atoms with E-state index in [2.05, 4.69) is 17.0 Å². The molecule has 2 amide bonds. The first-order valence-corrected chi connectivity index (χ1v) is 9.35. The average molecular weight is 409 g/mol. The molecule has 0 aliphatic rings. The molecule has 0 aliphatic carbocycles. The van der Waals surface area contributed by atoms with Crippen LogP contribution in [0.2, 0.25) is 0 Å². The number of carbonyl (C=O) groups excluding carboxylic acids is 1. The summed E-state index contributed by atoms with van der Waals surface area (Å²) in [5, 5.41) is 4.44. The van der Waals surface area contributed by atoms with Crippen LogP contribution in [0.5, 0.6) is 17.2 Å². The van der Waals surface area contributed by atoms with Gasteiger partial charge in [0.1, 0.15) is 23.9 Å². The van der Waals surface area contributed by atoms with Crippen LogP contribution >= 0.6 is 0 Å². The van der Waals surface area contributed by atoms with Gasteiger partial charge in [-0.3, -0.25) is 4.98 Å². The largest absolute Gasteiger partial charge is 0.491 e.